The lowest BCUT2D eigenvalue weighted by molar-refractivity contribution is -0.125. The summed E-state index contributed by atoms with van der Waals surface area (Å²) in [5.41, 5.74) is 1.05. The number of rotatable bonds is 7. The molecule has 2 unspecified atom stereocenters. The van der Waals surface area contributed by atoms with Crippen LogP contribution in [0.25, 0.3) is 0 Å². The summed E-state index contributed by atoms with van der Waals surface area (Å²) in [7, 11) is 1.85. The van der Waals surface area contributed by atoms with Gasteiger partial charge < -0.3 is 15.4 Å². The molecule has 0 heterocycles. The second-order valence-electron chi connectivity index (χ2n) is 5.67. The van der Waals surface area contributed by atoms with Crippen molar-refractivity contribution in [2.75, 3.05) is 13.6 Å². The van der Waals surface area contributed by atoms with Gasteiger partial charge in [-0.2, -0.15) is 0 Å². The van der Waals surface area contributed by atoms with Gasteiger partial charge in [-0.3, -0.25) is 4.79 Å². The van der Waals surface area contributed by atoms with Crippen molar-refractivity contribution in [3.63, 3.8) is 0 Å². The molecular formula is C19H25ClN2O2. The van der Waals surface area contributed by atoms with Crippen molar-refractivity contribution in [3.05, 3.63) is 60.2 Å². The van der Waals surface area contributed by atoms with E-state index in [0.717, 1.165) is 17.1 Å². The molecule has 0 aromatic heterocycles. The van der Waals surface area contributed by atoms with Crippen molar-refractivity contribution < 1.29 is 9.53 Å². The van der Waals surface area contributed by atoms with Gasteiger partial charge >= 0.3 is 0 Å². The number of ether oxygens (including phenoxy) is 1. The smallest absolute Gasteiger partial charge is 0.224 e. The molecule has 0 saturated carbocycles. The highest BCUT2D eigenvalue weighted by molar-refractivity contribution is 5.85. The molecule has 130 valence electrons. The predicted molar refractivity (Wildman–Crippen MR) is 99.9 cm³/mol. The highest BCUT2D eigenvalue weighted by Gasteiger charge is 2.15. The van der Waals surface area contributed by atoms with E-state index in [4.69, 9.17) is 4.74 Å². The summed E-state index contributed by atoms with van der Waals surface area (Å²) in [6.45, 7) is 4.56. The van der Waals surface area contributed by atoms with Crippen LogP contribution in [0.15, 0.2) is 54.6 Å². The molecule has 2 rings (SSSR count). The topological polar surface area (TPSA) is 50.4 Å². The molecule has 0 spiro atoms. The number of hydrogen-bond acceptors (Lipinski definition) is 3. The maximum absolute atomic E-state index is 12.0. The minimum Gasteiger partial charge on any atom is -0.457 e. The van der Waals surface area contributed by atoms with Gasteiger partial charge in [0.05, 0.1) is 6.04 Å². The third-order valence-corrected chi connectivity index (χ3v) is 3.68. The van der Waals surface area contributed by atoms with Crippen LogP contribution in [0.2, 0.25) is 0 Å². The largest absolute Gasteiger partial charge is 0.457 e. The fraction of sp³-hybridized carbons (Fsp3) is 0.316. The van der Waals surface area contributed by atoms with Crippen LogP contribution >= 0.6 is 12.4 Å². The van der Waals surface area contributed by atoms with E-state index in [1.807, 2.05) is 75.5 Å². The monoisotopic (exact) mass is 348 g/mol. The SMILES string of the molecule is CNCC(C)C(=O)NC(C)c1ccc(Oc2ccccc2)cc1.Cl. The predicted octanol–water partition coefficient (Wildman–Crippen LogP) is 3.93. The van der Waals surface area contributed by atoms with Crippen LogP contribution < -0.4 is 15.4 Å². The molecule has 2 atom stereocenters. The zero-order valence-corrected chi connectivity index (χ0v) is 15.1. The number of amides is 1. The molecule has 4 nitrogen and oxygen atoms in total. The highest BCUT2D eigenvalue weighted by Crippen LogP contribution is 2.23. The second-order valence-corrected chi connectivity index (χ2v) is 5.67. The van der Waals surface area contributed by atoms with E-state index in [0.29, 0.717) is 6.54 Å². The number of para-hydroxylation sites is 1. The van der Waals surface area contributed by atoms with Crippen molar-refractivity contribution in [2.45, 2.75) is 19.9 Å². The number of carbonyl (C=O) groups excluding carboxylic acids is 1. The van der Waals surface area contributed by atoms with Crippen LogP contribution in [0.3, 0.4) is 0 Å². The van der Waals surface area contributed by atoms with Crippen LogP contribution in [-0.4, -0.2) is 19.5 Å². The normalized spacial score (nSPS) is 12.6. The van der Waals surface area contributed by atoms with Crippen molar-refractivity contribution in [1.29, 1.82) is 0 Å². The number of halogens is 1. The molecule has 0 fully saturated rings. The lowest BCUT2D eigenvalue weighted by Crippen LogP contribution is -2.35. The van der Waals surface area contributed by atoms with E-state index in [-0.39, 0.29) is 30.3 Å². The molecule has 5 heteroatoms. The van der Waals surface area contributed by atoms with E-state index >= 15 is 0 Å². The lowest BCUT2D eigenvalue weighted by Gasteiger charge is -2.18. The third-order valence-electron chi connectivity index (χ3n) is 3.68. The Labute approximate surface area is 150 Å². The van der Waals surface area contributed by atoms with Gasteiger partial charge in [-0.05, 0) is 43.8 Å². The summed E-state index contributed by atoms with van der Waals surface area (Å²) < 4.78 is 5.77. The Kier molecular flexibility index (Phi) is 8.30. The minimum absolute atomic E-state index is 0. The quantitative estimate of drug-likeness (QED) is 0.797. The average molecular weight is 349 g/mol. The third kappa shape index (κ3) is 5.87. The molecule has 2 N–H and O–H groups in total. The Morgan fingerprint density at radius 3 is 2.17 bits per heavy atom. The van der Waals surface area contributed by atoms with Gasteiger partial charge in [0.1, 0.15) is 11.5 Å². The number of carbonyl (C=O) groups is 1. The van der Waals surface area contributed by atoms with Crippen molar-refractivity contribution in [1.82, 2.24) is 10.6 Å². The lowest BCUT2D eigenvalue weighted by atomic mass is 10.1. The highest BCUT2D eigenvalue weighted by atomic mass is 35.5. The van der Waals surface area contributed by atoms with E-state index in [2.05, 4.69) is 10.6 Å². The first-order valence-corrected chi connectivity index (χ1v) is 7.88. The van der Waals surface area contributed by atoms with Gasteiger partial charge in [0, 0.05) is 12.5 Å². The zero-order chi connectivity index (χ0) is 16.7. The molecule has 0 aliphatic rings. The summed E-state index contributed by atoms with van der Waals surface area (Å²) in [4.78, 5) is 12.0. The van der Waals surface area contributed by atoms with E-state index in [1.165, 1.54) is 0 Å². The Morgan fingerprint density at radius 1 is 1.00 bits per heavy atom. The Bertz CT molecular complexity index is 617. The number of nitrogens with one attached hydrogen (secondary N) is 2. The van der Waals surface area contributed by atoms with Gasteiger partial charge in [0.25, 0.3) is 0 Å². The first kappa shape index (κ1) is 20.0. The summed E-state index contributed by atoms with van der Waals surface area (Å²) >= 11 is 0. The van der Waals surface area contributed by atoms with Crippen LogP contribution in [-0.2, 0) is 4.79 Å². The summed E-state index contributed by atoms with van der Waals surface area (Å²) in [5, 5.41) is 6.04. The van der Waals surface area contributed by atoms with Crippen LogP contribution in [0.4, 0.5) is 0 Å². The maximum Gasteiger partial charge on any atom is 0.224 e. The molecule has 0 bridgehead atoms. The Hall–Kier alpha value is -2.04. The zero-order valence-electron chi connectivity index (χ0n) is 14.3. The molecule has 0 saturated heterocycles. The van der Waals surface area contributed by atoms with Gasteiger partial charge in [-0.15, -0.1) is 12.4 Å². The molecule has 0 radical (unpaired) electrons. The van der Waals surface area contributed by atoms with Gasteiger partial charge in [0.15, 0.2) is 0 Å². The first-order chi connectivity index (χ1) is 11.1. The first-order valence-electron chi connectivity index (χ1n) is 7.88. The summed E-state index contributed by atoms with van der Waals surface area (Å²) in [6, 6.07) is 17.4. The van der Waals surface area contributed by atoms with E-state index in [1.54, 1.807) is 0 Å². The molecule has 1 amide bonds. The van der Waals surface area contributed by atoms with E-state index < -0.39 is 0 Å². The second kappa shape index (κ2) is 9.96. The van der Waals surface area contributed by atoms with Crippen molar-refractivity contribution >= 4 is 18.3 Å². The fourth-order valence-corrected chi connectivity index (χ4v) is 2.29. The van der Waals surface area contributed by atoms with Crippen LogP contribution in [0, 0.1) is 5.92 Å². The average Bonchev–Trinajstić information content (AvgIpc) is 2.56. The van der Waals surface area contributed by atoms with Crippen LogP contribution in [0.1, 0.15) is 25.5 Å². The van der Waals surface area contributed by atoms with E-state index in [9.17, 15) is 4.79 Å². The van der Waals surface area contributed by atoms with Gasteiger partial charge in [-0.25, -0.2) is 0 Å². The summed E-state index contributed by atoms with van der Waals surface area (Å²) in [6.07, 6.45) is 0. The summed E-state index contributed by atoms with van der Waals surface area (Å²) in [5.74, 6) is 1.59. The number of hydrogen-bond donors (Lipinski definition) is 2. The molecule has 2 aromatic carbocycles. The number of benzene rings is 2. The molecule has 24 heavy (non-hydrogen) atoms. The molecule has 2 aromatic rings. The van der Waals surface area contributed by atoms with Gasteiger partial charge in [-0.1, -0.05) is 37.3 Å². The maximum atomic E-state index is 12.0. The molecule has 0 aliphatic heterocycles. The van der Waals surface area contributed by atoms with Gasteiger partial charge in [0.2, 0.25) is 5.91 Å². The standard InChI is InChI=1S/C19H24N2O2.ClH/c1-14(13-20-3)19(22)21-15(2)16-9-11-18(12-10-16)23-17-7-5-4-6-8-17;/h4-12,14-15,20H,13H2,1-3H3,(H,21,22);1H. The van der Waals surface area contributed by atoms with Crippen LogP contribution in [0.5, 0.6) is 11.5 Å². The van der Waals surface area contributed by atoms with Crippen molar-refractivity contribution in [3.8, 4) is 11.5 Å². The fourth-order valence-electron chi connectivity index (χ4n) is 2.29. The minimum atomic E-state index is -0.0527. The Balaban J connectivity index is 0.00000288. The van der Waals surface area contributed by atoms with Crippen molar-refractivity contribution in [2.24, 2.45) is 5.92 Å². The Morgan fingerprint density at radius 2 is 1.58 bits per heavy atom. The molecular weight excluding hydrogens is 324 g/mol. The molecule has 0 aliphatic carbocycles.